The van der Waals surface area contributed by atoms with Gasteiger partial charge in [-0.25, -0.2) is 19.1 Å². The van der Waals surface area contributed by atoms with Crippen LogP contribution in [-0.4, -0.2) is 60.8 Å². The minimum atomic E-state index is -0.974. The molecule has 9 nitrogen and oxygen atoms in total. The van der Waals surface area contributed by atoms with E-state index in [0.29, 0.717) is 29.1 Å². The van der Waals surface area contributed by atoms with Crippen LogP contribution in [0.3, 0.4) is 0 Å². The third kappa shape index (κ3) is 4.50. The molecule has 1 aliphatic heterocycles. The van der Waals surface area contributed by atoms with Crippen molar-refractivity contribution in [2.24, 2.45) is 0 Å². The number of anilines is 1. The number of rotatable bonds is 4. The number of carbonyl (C=O) groups is 1. The largest absolute Gasteiger partial charge is 0.465 e. The van der Waals surface area contributed by atoms with E-state index in [1.807, 2.05) is 38.7 Å². The third-order valence-electron chi connectivity index (χ3n) is 6.64. The lowest BCUT2D eigenvalue weighted by Crippen LogP contribution is -2.58. The lowest BCUT2D eigenvalue weighted by Gasteiger charge is -2.43. The molecule has 0 saturated carbocycles. The first kappa shape index (κ1) is 26.2. The number of pyridine rings is 2. The average Bonchev–Trinajstić information content (AvgIpc) is 2.80. The highest BCUT2D eigenvalue weighted by Crippen LogP contribution is 2.35. The summed E-state index contributed by atoms with van der Waals surface area (Å²) < 4.78 is 1.49. The second-order valence-corrected chi connectivity index (χ2v) is 10.7. The molecule has 3 aromatic heterocycles. The first-order valence-corrected chi connectivity index (χ1v) is 12.7. The van der Waals surface area contributed by atoms with Gasteiger partial charge < -0.3 is 14.9 Å². The van der Waals surface area contributed by atoms with Gasteiger partial charge >= 0.3 is 11.8 Å². The van der Waals surface area contributed by atoms with Crippen LogP contribution in [0.4, 0.5) is 10.6 Å². The maximum absolute atomic E-state index is 13.8. The Bertz CT molecular complexity index is 1360. The Labute approximate surface area is 219 Å². The molecule has 36 heavy (non-hydrogen) atoms. The van der Waals surface area contributed by atoms with Crippen LogP contribution in [0.2, 0.25) is 10.2 Å². The van der Waals surface area contributed by atoms with Crippen LogP contribution < -0.4 is 10.6 Å². The van der Waals surface area contributed by atoms with Gasteiger partial charge in [0.2, 0.25) is 0 Å². The van der Waals surface area contributed by atoms with E-state index in [9.17, 15) is 14.7 Å². The minimum absolute atomic E-state index is 0.0352. The number of fused-ring (bicyclic) bond motifs is 1. The van der Waals surface area contributed by atoms with Crippen molar-refractivity contribution in [3.8, 4) is 5.69 Å². The molecule has 4 heterocycles. The fourth-order valence-corrected chi connectivity index (χ4v) is 5.10. The van der Waals surface area contributed by atoms with Gasteiger partial charge in [-0.3, -0.25) is 4.98 Å². The summed E-state index contributed by atoms with van der Waals surface area (Å²) in [6, 6.07) is 3.05. The van der Waals surface area contributed by atoms with Gasteiger partial charge in [0, 0.05) is 31.4 Å². The maximum atomic E-state index is 13.8. The minimum Gasteiger partial charge on any atom is -0.465 e. The van der Waals surface area contributed by atoms with Gasteiger partial charge in [0.25, 0.3) is 0 Å². The number of piperazine rings is 1. The second-order valence-electron chi connectivity index (χ2n) is 9.91. The van der Waals surface area contributed by atoms with Crippen LogP contribution in [0.25, 0.3) is 16.7 Å². The Hall–Kier alpha value is -2.91. The zero-order valence-electron chi connectivity index (χ0n) is 21.2. The molecule has 1 N–H and O–H groups in total. The lowest BCUT2D eigenvalue weighted by atomic mass is 9.97. The molecule has 1 fully saturated rings. The second kappa shape index (κ2) is 9.86. The van der Waals surface area contributed by atoms with E-state index in [1.165, 1.54) is 9.47 Å². The van der Waals surface area contributed by atoms with Crippen molar-refractivity contribution < 1.29 is 9.90 Å². The molecule has 1 saturated heterocycles. The van der Waals surface area contributed by atoms with E-state index < -0.39 is 11.8 Å². The summed E-state index contributed by atoms with van der Waals surface area (Å²) in [5, 5.41) is 10.4. The Kier molecular flexibility index (Phi) is 7.16. The van der Waals surface area contributed by atoms with Crippen molar-refractivity contribution in [3.05, 3.63) is 50.2 Å². The molecule has 0 spiro atoms. The summed E-state index contributed by atoms with van der Waals surface area (Å²) in [7, 11) is 0. The van der Waals surface area contributed by atoms with Crippen molar-refractivity contribution >= 4 is 46.1 Å². The van der Waals surface area contributed by atoms with Crippen LogP contribution >= 0.6 is 23.2 Å². The number of hydrogen-bond acceptors (Lipinski definition) is 6. The Morgan fingerprint density at radius 1 is 1.08 bits per heavy atom. The molecule has 192 valence electrons. The number of nitrogens with zero attached hydrogens (tertiary/aromatic N) is 6. The normalized spacial score (nSPS) is 18.5. The highest BCUT2D eigenvalue weighted by Gasteiger charge is 2.34. The van der Waals surface area contributed by atoms with Gasteiger partial charge in [-0.15, -0.1) is 0 Å². The predicted molar refractivity (Wildman–Crippen MR) is 142 cm³/mol. The molecule has 0 unspecified atom stereocenters. The summed E-state index contributed by atoms with van der Waals surface area (Å²) in [6.45, 7) is 12.5. The molecule has 3 aromatic rings. The molecule has 11 heteroatoms. The summed E-state index contributed by atoms with van der Waals surface area (Å²) in [5.74, 6) is 0.547. The highest BCUT2D eigenvalue weighted by molar-refractivity contribution is 6.41. The number of hydrogen-bond donors (Lipinski definition) is 1. The summed E-state index contributed by atoms with van der Waals surface area (Å²) in [6.07, 6.45) is 0.781. The molecule has 4 rings (SSSR count). The van der Waals surface area contributed by atoms with E-state index in [-0.39, 0.29) is 40.6 Å². The molecule has 2 atom stereocenters. The van der Waals surface area contributed by atoms with Crippen LogP contribution in [0.1, 0.15) is 64.6 Å². The van der Waals surface area contributed by atoms with E-state index in [4.69, 9.17) is 23.2 Å². The number of amides is 1. The van der Waals surface area contributed by atoms with E-state index in [2.05, 4.69) is 28.8 Å². The van der Waals surface area contributed by atoms with Gasteiger partial charge in [0.05, 0.1) is 21.8 Å². The van der Waals surface area contributed by atoms with Crippen LogP contribution in [0.5, 0.6) is 0 Å². The average molecular weight is 533 g/mol. The zero-order valence-corrected chi connectivity index (χ0v) is 22.7. The van der Waals surface area contributed by atoms with E-state index in [0.717, 1.165) is 11.3 Å². The molecule has 0 aromatic carbocycles. The standard InChI is InChI=1S/C25H30Cl2N6O3/c1-12(2)16-7-8-28-19(13(3)4)20(16)33-23-17(9-18(26)21(27)29-23)22(30-24(33)34)31-10-15(6)32(25(35)36)11-14(31)5/h7-9,12-15H,10-11H2,1-6H3,(H,35,36)/t14-,15+/m0/s1. The molecule has 1 aliphatic rings. The van der Waals surface area contributed by atoms with Gasteiger partial charge in [-0.05, 0) is 43.4 Å². The van der Waals surface area contributed by atoms with Gasteiger partial charge in [0.1, 0.15) is 11.0 Å². The fourth-order valence-electron chi connectivity index (χ4n) is 4.81. The Balaban J connectivity index is 2.04. The number of halogens is 2. The van der Waals surface area contributed by atoms with Crippen molar-refractivity contribution in [2.45, 2.75) is 65.5 Å². The fraction of sp³-hybridized carbons (Fsp3) is 0.480. The quantitative estimate of drug-likeness (QED) is 0.454. The molecular weight excluding hydrogens is 503 g/mol. The van der Waals surface area contributed by atoms with Crippen molar-refractivity contribution in [1.29, 1.82) is 0 Å². The lowest BCUT2D eigenvalue weighted by molar-refractivity contribution is 0.114. The predicted octanol–water partition coefficient (Wildman–Crippen LogP) is 5.31. The van der Waals surface area contributed by atoms with Crippen molar-refractivity contribution in [2.75, 3.05) is 18.0 Å². The summed E-state index contributed by atoms with van der Waals surface area (Å²) >= 11 is 12.8. The molecule has 0 bridgehead atoms. The Morgan fingerprint density at radius 3 is 2.39 bits per heavy atom. The van der Waals surface area contributed by atoms with Gasteiger partial charge in [-0.2, -0.15) is 4.98 Å². The van der Waals surface area contributed by atoms with Gasteiger partial charge in [0.15, 0.2) is 5.65 Å². The first-order chi connectivity index (χ1) is 16.9. The maximum Gasteiger partial charge on any atom is 0.407 e. The first-order valence-electron chi connectivity index (χ1n) is 12.0. The van der Waals surface area contributed by atoms with E-state index in [1.54, 1.807) is 12.3 Å². The van der Waals surface area contributed by atoms with Crippen molar-refractivity contribution in [3.63, 3.8) is 0 Å². The van der Waals surface area contributed by atoms with Gasteiger partial charge in [-0.1, -0.05) is 50.9 Å². The summed E-state index contributed by atoms with van der Waals surface area (Å²) in [5.41, 5.74) is 2.16. The number of carboxylic acid groups (broad SMARTS) is 1. The van der Waals surface area contributed by atoms with Crippen LogP contribution in [-0.2, 0) is 0 Å². The molecular formula is C25H30Cl2N6O3. The smallest absolute Gasteiger partial charge is 0.407 e. The zero-order chi connectivity index (χ0) is 26.5. The number of aromatic nitrogens is 4. The third-order valence-corrected chi connectivity index (χ3v) is 7.31. The topological polar surface area (TPSA) is 104 Å². The highest BCUT2D eigenvalue weighted by atomic mass is 35.5. The Morgan fingerprint density at radius 2 is 1.78 bits per heavy atom. The molecule has 0 aliphatic carbocycles. The van der Waals surface area contributed by atoms with Crippen molar-refractivity contribution in [1.82, 2.24) is 24.4 Å². The monoisotopic (exact) mass is 532 g/mol. The molecule has 1 amide bonds. The SMILES string of the molecule is CC(C)c1ccnc(C(C)C)c1-n1c(=O)nc(N2C[C@@H](C)N(C(=O)O)C[C@@H]2C)c2cc(Cl)c(Cl)nc21. The molecule has 0 radical (unpaired) electrons. The van der Waals surface area contributed by atoms with E-state index >= 15 is 0 Å². The van der Waals surface area contributed by atoms with Crippen LogP contribution in [0.15, 0.2) is 23.1 Å². The van der Waals surface area contributed by atoms with Crippen LogP contribution in [0, 0.1) is 0 Å². The summed E-state index contributed by atoms with van der Waals surface area (Å²) in [4.78, 5) is 42.5.